The van der Waals surface area contributed by atoms with Gasteiger partial charge in [0.05, 0.1) is 5.75 Å². The van der Waals surface area contributed by atoms with Gasteiger partial charge in [-0.15, -0.1) is 0 Å². The smallest absolute Gasteiger partial charge is 0.147 e. The average Bonchev–Trinajstić information content (AvgIpc) is 2.14. The molecule has 0 aromatic carbocycles. The van der Waals surface area contributed by atoms with E-state index in [9.17, 15) is 13.2 Å². The summed E-state index contributed by atoms with van der Waals surface area (Å²) in [5.74, 6) is 0.0432. The van der Waals surface area contributed by atoms with Crippen LogP contribution >= 0.6 is 0 Å². The van der Waals surface area contributed by atoms with Crippen LogP contribution in [-0.4, -0.2) is 39.3 Å². The third kappa shape index (κ3) is 3.91. The van der Waals surface area contributed by atoms with Crippen LogP contribution in [0, 0.1) is 5.41 Å². The molecule has 0 saturated carbocycles. The zero-order valence-corrected chi connectivity index (χ0v) is 10.2. The molecule has 0 radical (unpaired) electrons. The minimum Gasteiger partial charge on any atom is -0.316 e. The van der Waals surface area contributed by atoms with E-state index in [0.29, 0.717) is 6.54 Å². The molecular weight excluding hydrogens is 214 g/mol. The van der Waals surface area contributed by atoms with Crippen molar-refractivity contribution in [2.24, 2.45) is 5.41 Å². The molecule has 1 fully saturated rings. The highest BCUT2D eigenvalue weighted by Crippen LogP contribution is 2.27. The van der Waals surface area contributed by atoms with Gasteiger partial charge in [-0.25, -0.2) is 8.42 Å². The van der Waals surface area contributed by atoms with E-state index < -0.39 is 9.84 Å². The fraction of sp³-hybridized carbons (Fsp3) is 0.900. The van der Waals surface area contributed by atoms with Crippen molar-refractivity contribution < 1.29 is 13.2 Å². The molecule has 15 heavy (non-hydrogen) atoms. The summed E-state index contributed by atoms with van der Waals surface area (Å²) in [7, 11) is -3.03. The summed E-state index contributed by atoms with van der Waals surface area (Å²) in [6.45, 7) is 3.55. The highest BCUT2D eigenvalue weighted by molar-refractivity contribution is 7.90. The molecule has 0 aromatic rings. The second kappa shape index (κ2) is 4.61. The summed E-state index contributed by atoms with van der Waals surface area (Å²) in [4.78, 5) is 11.9. The molecule has 1 N–H and O–H groups in total. The van der Waals surface area contributed by atoms with Crippen molar-refractivity contribution in [1.29, 1.82) is 0 Å². The Bertz CT molecular complexity index is 329. The van der Waals surface area contributed by atoms with Gasteiger partial charge in [-0.3, -0.25) is 4.79 Å². The summed E-state index contributed by atoms with van der Waals surface area (Å²) in [6, 6.07) is 0. The molecule has 0 amide bonds. The Hall–Kier alpha value is -0.420. The highest BCUT2D eigenvalue weighted by Gasteiger charge is 2.34. The maximum atomic E-state index is 11.9. The second-order valence-corrected chi connectivity index (χ2v) is 6.90. The van der Waals surface area contributed by atoms with Crippen LogP contribution in [0.15, 0.2) is 0 Å². The molecule has 4 nitrogen and oxygen atoms in total. The lowest BCUT2D eigenvalue weighted by Gasteiger charge is -2.32. The fourth-order valence-electron chi connectivity index (χ4n) is 1.87. The first-order valence-electron chi connectivity index (χ1n) is 5.25. The highest BCUT2D eigenvalue weighted by atomic mass is 32.2. The summed E-state index contributed by atoms with van der Waals surface area (Å²) < 4.78 is 21.9. The summed E-state index contributed by atoms with van der Waals surface area (Å²) >= 11 is 0. The lowest BCUT2D eigenvalue weighted by molar-refractivity contribution is -0.128. The Labute approximate surface area is 91.4 Å². The van der Waals surface area contributed by atoms with Crippen molar-refractivity contribution in [2.45, 2.75) is 26.2 Å². The first-order valence-corrected chi connectivity index (χ1v) is 7.31. The lowest BCUT2D eigenvalue weighted by atomic mass is 9.78. The summed E-state index contributed by atoms with van der Waals surface area (Å²) in [6.07, 6.45) is 3.17. The van der Waals surface area contributed by atoms with Crippen LogP contribution in [-0.2, 0) is 14.6 Å². The Morgan fingerprint density at radius 1 is 1.47 bits per heavy atom. The summed E-state index contributed by atoms with van der Waals surface area (Å²) in [5.41, 5.74) is -0.358. The molecule has 1 atom stereocenters. The van der Waals surface area contributed by atoms with E-state index in [0.717, 1.165) is 19.4 Å². The van der Waals surface area contributed by atoms with Crippen molar-refractivity contribution in [1.82, 2.24) is 5.32 Å². The molecule has 88 valence electrons. The molecule has 1 saturated heterocycles. The molecule has 0 aliphatic carbocycles. The van der Waals surface area contributed by atoms with Crippen LogP contribution in [0.25, 0.3) is 0 Å². The van der Waals surface area contributed by atoms with Crippen molar-refractivity contribution in [3.63, 3.8) is 0 Å². The Kier molecular flexibility index (Phi) is 3.89. The van der Waals surface area contributed by atoms with E-state index in [2.05, 4.69) is 5.32 Å². The monoisotopic (exact) mass is 233 g/mol. The molecule has 1 unspecified atom stereocenters. The van der Waals surface area contributed by atoms with E-state index in [1.807, 2.05) is 6.92 Å². The molecule has 1 heterocycles. The number of rotatable bonds is 4. The van der Waals surface area contributed by atoms with Crippen LogP contribution < -0.4 is 5.32 Å². The van der Waals surface area contributed by atoms with Gasteiger partial charge in [-0.1, -0.05) is 6.92 Å². The standard InChI is InChI=1S/C10H19NO3S/c1-10(5-3-6-11-8-10)9(12)4-7-15(2,13)14/h11H,3-8H2,1-2H3. The lowest BCUT2D eigenvalue weighted by Crippen LogP contribution is -2.43. The average molecular weight is 233 g/mol. The van der Waals surface area contributed by atoms with Crippen LogP contribution in [0.1, 0.15) is 26.2 Å². The van der Waals surface area contributed by atoms with Crippen LogP contribution in [0.2, 0.25) is 0 Å². The van der Waals surface area contributed by atoms with Crippen molar-refractivity contribution in [2.75, 3.05) is 25.1 Å². The SMILES string of the molecule is CC1(C(=O)CCS(C)(=O)=O)CCCNC1. The number of sulfone groups is 1. The van der Waals surface area contributed by atoms with Crippen molar-refractivity contribution in [3.05, 3.63) is 0 Å². The first-order chi connectivity index (χ1) is 6.83. The molecule has 0 aromatic heterocycles. The van der Waals surface area contributed by atoms with Gasteiger partial charge < -0.3 is 5.32 Å². The number of hydrogen-bond acceptors (Lipinski definition) is 4. The van der Waals surface area contributed by atoms with Crippen LogP contribution in [0.4, 0.5) is 0 Å². The fourth-order valence-corrected chi connectivity index (χ4v) is 2.43. The number of nitrogens with one attached hydrogen (secondary N) is 1. The topological polar surface area (TPSA) is 63.2 Å². The molecule has 0 spiro atoms. The number of Topliss-reactive ketones (excluding diaryl/α,β-unsaturated/α-hetero) is 1. The zero-order chi connectivity index (χ0) is 11.5. The van der Waals surface area contributed by atoms with Gasteiger partial charge in [0.2, 0.25) is 0 Å². The number of ketones is 1. The quantitative estimate of drug-likeness (QED) is 0.762. The Morgan fingerprint density at radius 3 is 2.60 bits per heavy atom. The largest absolute Gasteiger partial charge is 0.316 e. The van der Waals surface area contributed by atoms with E-state index >= 15 is 0 Å². The van der Waals surface area contributed by atoms with Crippen molar-refractivity contribution in [3.8, 4) is 0 Å². The molecule has 1 aliphatic rings. The van der Waals surface area contributed by atoms with Gasteiger partial charge in [0.15, 0.2) is 0 Å². The number of carbonyl (C=O) groups is 1. The van der Waals surface area contributed by atoms with E-state index in [-0.39, 0.29) is 23.4 Å². The predicted molar refractivity (Wildman–Crippen MR) is 59.5 cm³/mol. The van der Waals surface area contributed by atoms with Gasteiger partial charge in [0.1, 0.15) is 15.6 Å². The third-order valence-corrected chi connectivity index (χ3v) is 3.92. The Balaban J connectivity index is 2.52. The molecule has 5 heteroatoms. The second-order valence-electron chi connectivity index (χ2n) is 4.64. The van der Waals surface area contributed by atoms with Gasteiger partial charge in [-0.05, 0) is 19.4 Å². The Morgan fingerprint density at radius 2 is 2.13 bits per heavy atom. The van der Waals surface area contributed by atoms with E-state index in [4.69, 9.17) is 0 Å². The molecule has 1 rings (SSSR count). The van der Waals surface area contributed by atoms with Crippen LogP contribution in [0.5, 0.6) is 0 Å². The normalized spacial score (nSPS) is 27.6. The van der Waals surface area contributed by atoms with E-state index in [1.54, 1.807) is 0 Å². The minimum atomic E-state index is -3.03. The maximum Gasteiger partial charge on any atom is 0.147 e. The molecule has 1 aliphatic heterocycles. The zero-order valence-electron chi connectivity index (χ0n) is 9.38. The predicted octanol–water partition coefficient (Wildman–Crippen LogP) is 0.380. The minimum absolute atomic E-state index is 0.0264. The van der Waals surface area contributed by atoms with Gasteiger partial charge in [0.25, 0.3) is 0 Å². The van der Waals surface area contributed by atoms with Crippen molar-refractivity contribution >= 4 is 15.6 Å². The molecule has 0 bridgehead atoms. The number of carbonyl (C=O) groups excluding carboxylic acids is 1. The van der Waals surface area contributed by atoms with E-state index in [1.165, 1.54) is 6.26 Å². The molecular formula is C10H19NO3S. The number of piperidine rings is 1. The maximum absolute atomic E-state index is 11.9. The van der Waals surface area contributed by atoms with Gasteiger partial charge >= 0.3 is 0 Å². The first kappa shape index (κ1) is 12.6. The third-order valence-electron chi connectivity index (χ3n) is 2.97. The van der Waals surface area contributed by atoms with Gasteiger partial charge in [-0.2, -0.15) is 0 Å². The van der Waals surface area contributed by atoms with Gasteiger partial charge in [0, 0.05) is 24.6 Å². The number of hydrogen-bond donors (Lipinski definition) is 1. The van der Waals surface area contributed by atoms with Crippen LogP contribution in [0.3, 0.4) is 0 Å². The summed E-state index contributed by atoms with van der Waals surface area (Å²) in [5, 5.41) is 3.18.